The maximum atomic E-state index is 13.8. The SMILES string of the molecule is CN(C(=O)COc1ccc(Br)cc1F)[C@@H](Cc1ccccn1)C(C)(C)C. The number of amides is 1. The van der Waals surface area contributed by atoms with Gasteiger partial charge in [-0.2, -0.15) is 0 Å². The lowest BCUT2D eigenvalue weighted by atomic mass is 9.83. The molecular weight excluding hydrogens is 399 g/mol. The highest BCUT2D eigenvalue weighted by Gasteiger charge is 2.31. The molecule has 0 bridgehead atoms. The van der Waals surface area contributed by atoms with Gasteiger partial charge >= 0.3 is 0 Å². The van der Waals surface area contributed by atoms with Crippen molar-refractivity contribution in [3.8, 4) is 5.75 Å². The van der Waals surface area contributed by atoms with Crippen molar-refractivity contribution >= 4 is 21.8 Å². The number of ether oxygens (including phenoxy) is 1. The van der Waals surface area contributed by atoms with Gasteiger partial charge in [-0.05, 0) is 35.7 Å². The van der Waals surface area contributed by atoms with Gasteiger partial charge in [0, 0.05) is 35.9 Å². The summed E-state index contributed by atoms with van der Waals surface area (Å²) in [5.74, 6) is -0.647. The molecule has 1 aromatic heterocycles. The molecule has 0 aliphatic carbocycles. The number of hydrogen-bond acceptors (Lipinski definition) is 3. The van der Waals surface area contributed by atoms with Crippen LogP contribution in [0.5, 0.6) is 5.75 Å². The van der Waals surface area contributed by atoms with Gasteiger partial charge in [0.25, 0.3) is 5.91 Å². The number of pyridine rings is 1. The fourth-order valence-electron chi connectivity index (χ4n) is 2.75. The second-order valence-electron chi connectivity index (χ2n) is 7.28. The summed E-state index contributed by atoms with van der Waals surface area (Å²) in [6, 6.07) is 10.2. The van der Waals surface area contributed by atoms with Gasteiger partial charge < -0.3 is 9.64 Å². The maximum Gasteiger partial charge on any atom is 0.260 e. The molecule has 0 N–H and O–H groups in total. The zero-order valence-electron chi connectivity index (χ0n) is 15.5. The van der Waals surface area contributed by atoms with Crippen LogP contribution >= 0.6 is 15.9 Å². The second kappa shape index (κ2) is 8.62. The monoisotopic (exact) mass is 422 g/mol. The Morgan fingerprint density at radius 1 is 1.31 bits per heavy atom. The third-order valence-corrected chi connectivity index (χ3v) is 4.73. The minimum atomic E-state index is -0.504. The molecule has 4 nitrogen and oxygen atoms in total. The van der Waals surface area contributed by atoms with Gasteiger partial charge in [0.15, 0.2) is 18.2 Å². The number of carbonyl (C=O) groups is 1. The van der Waals surface area contributed by atoms with Crippen molar-refractivity contribution in [2.45, 2.75) is 33.2 Å². The highest BCUT2D eigenvalue weighted by atomic mass is 79.9. The molecule has 1 heterocycles. The number of nitrogens with zero attached hydrogens (tertiary/aromatic N) is 2. The zero-order valence-corrected chi connectivity index (χ0v) is 17.1. The van der Waals surface area contributed by atoms with Crippen LogP contribution in [0.4, 0.5) is 4.39 Å². The fraction of sp³-hybridized carbons (Fsp3) is 0.400. The first-order valence-electron chi connectivity index (χ1n) is 8.42. The van der Waals surface area contributed by atoms with E-state index in [4.69, 9.17) is 4.74 Å². The Labute approximate surface area is 162 Å². The predicted octanol–water partition coefficient (Wildman–Crippen LogP) is 4.48. The van der Waals surface area contributed by atoms with Crippen LogP contribution in [-0.2, 0) is 11.2 Å². The first kappa shape index (κ1) is 20.4. The standard InChI is InChI=1S/C20H24BrFN2O2/c1-20(2,3)18(12-15-7-5-6-10-23-15)24(4)19(25)13-26-17-9-8-14(21)11-16(17)22/h5-11,18H,12-13H2,1-4H3/t18-/m0/s1. The number of aromatic nitrogens is 1. The summed E-state index contributed by atoms with van der Waals surface area (Å²) in [5, 5.41) is 0. The average Bonchev–Trinajstić information content (AvgIpc) is 2.58. The van der Waals surface area contributed by atoms with Crippen molar-refractivity contribution in [1.29, 1.82) is 0 Å². The first-order valence-corrected chi connectivity index (χ1v) is 9.21. The van der Waals surface area contributed by atoms with Gasteiger partial charge in [0.1, 0.15) is 0 Å². The molecule has 1 amide bonds. The lowest BCUT2D eigenvalue weighted by molar-refractivity contribution is -0.136. The van der Waals surface area contributed by atoms with Crippen molar-refractivity contribution in [3.05, 3.63) is 58.6 Å². The van der Waals surface area contributed by atoms with Gasteiger partial charge in [0.2, 0.25) is 0 Å². The lowest BCUT2D eigenvalue weighted by Crippen LogP contribution is -2.48. The molecule has 6 heteroatoms. The topological polar surface area (TPSA) is 42.4 Å². The third kappa shape index (κ3) is 5.53. The molecule has 2 aromatic rings. The van der Waals surface area contributed by atoms with Gasteiger partial charge in [0.05, 0.1) is 0 Å². The van der Waals surface area contributed by atoms with E-state index >= 15 is 0 Å². The van der Waals surface area contributed by atoms with Crippen molar-refractivity contribution in [1.82, 2.24) is 9.88 Å². The third-order valence-electron chi connectivity index (χ3n) is 4.23. The minimum absolute atomic E-state index is 0.0620. The zero-order chi connectivity index (χ0) is 19.3. The number of benzene rings is 1. The first-order chi connectivity index (χ1) is 12.2. The highest BCUT2D eigenvalue weighted by Crippen LogP contribution is 2.27. The summed E-state index contributed by atoms with van der Waals surface area (Å²) < 4.78 is 19.9. The van der Waals surface area contributed by atoms with E-state index in [1.54, 1.807) is 24.2 Å². The van der Waals surface area contributed by atoms with E-state index in [0.29, 0.717) is 10.9 Å². The normalized spacial score (nSPS) is 12.5. The van der Waals surface area contributed by atoms with Crippen LogP contribution in [0.3, 0.4) is 0 Å². The number of hydrogen-bond donors (Lipinski definition) is 0. The quantitative estimate of drug-likeness (QED) is 0.688. The summed E-state index contributed by atoms with van der Waals surface area (Å²) in [7, 11) is 1.75. The van der Waals surface area contributed by atoms with Crippen molar-refractivity contribution in [3.63, 3.8) is 0 Å². The van der Waals surface area contributed by atoms with Crippen LogP contribution in [-0.4, -0.2) is 35.5 Å². The van der Waals surface area contributed by atoms with Gasteiger partial charge in [-0.1, -0.05) is 42.8 Å². The number of halogens is 2. The Morgan fingerprint density at radius 3 is 2.62 bits per heavy atom. The van der Waals surface area contributed by atoms with E-state index in [1.165, 1.54) is 12.1 Å². The van der Waals surface area contributed by atoms with Crippen LogP contribution in [0.1, 0.15) is 26.5 Å². The summed E-state index contributed by atoms with van der Waals surface area (Å²) >= 11 is 3.20. The Morgan fingerprint density at radius 2 is 2.04 bits per heavy atom. The molecule has 0 unspecified atom stereocenters. The highest BCUT2D eigenvalue weighted by molar-refractivity contribution is 9.10. The predicted molar refractivity (Wildman–Crippen MR) is 104 cm³/mol. The van der Waals surface area contributed by atoms with Crippen molar-refractivity contribution < 1.29 is 13.9 Å². The average molecular weight is 423 g/mol. The maximum absolute atomic E-state index is 13.8. The lowest BCUT2D eigenvalue weighted by Gasteiger charge is -2.38. The Kier molecular flexibility index (Phi) is 6.75. The van der Waals surface area contributed by atoms with Crippen LogP contribution in [0.2, 0.25) is 0 Å². The number of rotatable bonds is 6. The molecule has 2 rings (SSSR count). The van der Waals surface area contributed by atoms with Crippen LogP contribution in [0.25, 0.3) is 0 Å². The molecule has 1 atom stereocenters. The summed E-state index contributed by atoms with van der Waals surface area (Å²) in [6.07, 6.45) is 2.38. The minimum Gasteiger partial charge on any atom is -0.481 e. The number of carbonyl (C=O) groups excluding carboxylic acids is 1. The van der Waals surface area contributed by atoms with Crippen LogP contribution in [0, 0.1) is 11.2 Å². The van der Waals surface area contributed by atoms with Crippen LogP contribution < -0.4 is 4.74 Å². The molecule has 140 valence electrons. The molecule has 0 aliphatic heterocycles. The molecule has 0 fully saturated rings. The van der Waals surface area contributed by atoms with E-state index in [0.717, 1.165) is 5.69 Å². The van der Waals surface area contributed by atoms with Crippen LogP contribution in [0.15, 0.2) is 47.1 Å². The van der Waals surface area contributed by atoms with Gasteiger partial charge in [-0.15, -0.1) is 0 Å². The van der Waals surface area contributed by atoms with Gasteiger partial charge in [-0.3, -0.25) is 9.78 Å². The van der Waals surface area contributed by atoms with Crippen molar-refractivity contribution in [2.75, 3.05) is 13.7 Å². The van der Waals surface area contributed by atoms with E-state index in [2.05, 4.69) is 41.7 Å². The Bertz CT molecular complexity index is 747. The fourth-order valence-corrected chi connectivity index (χ4v) is 3.08. The summed E-state index contributed by atoms with van der Waals surface area (Å²) in [6.45, 7) is 6.03. The van der Waals surface area contributed by atoms with Gasteiger partial charge in [-0.25, -0.2) is 4.39 Å². The largest absolute Gasteiger partial charge is 0.481 e. The summed E-state index contributed by atoms with van der Waals surface area (Å²) in [4.78, 5) is 18.7. The Balaban J connectivity index is 2.07. The molecule has 1 aromatic carbocycles. The number of likely N-dealkylation sites (N-methyl/N-ethyl adjacent to an activating group) is 1. The molecule has 0 saturated carbocycles. The van der Waals surface area contributed by atoms with Crippen molar-refractivity contribution in [2.24, 2.45) is 5.41 Å². The smallest absolute Gasteiger partial charge is 0.260 e. The van der Waals surface area contributed by atoms with E-state index in [9.17, 15) is 9.18 Å². The van der Waals surface area contributed by atoms with E-state index in [1.807, 2.05) is 18.2 Å². The van der Waals surface area contributed by atoms with E-state index < -0.39 is 5.82 Å². The molecule has 0 spiro atoms. The molecular formula is C20H24BrFN2O2. The Hall–Kier alpha value is -1.95. The molecule has 0 radical (unpaired) electrons. The second-order valence-corrected chi connectivity index (χ2v) is 8.19. The molecule has 0 aliphatic rings. The summed E-state index contributed by atoms with van der Waals surface area (Å²) in [5.41, 5.74) is 0.775. The molecule has 0 saturated heterocycles. The molecule has 26 heavy (non-hydrogen) atoms. The van der Waals surface area contributed by atoms with E-state index in [-0.39, 0.29) is 29.7 Å².